The van der Waals surface area contributed by atoms with Crippen LogP contribution >= 0.6 is 0 Å². The zero-order chi connectivity index (χ0) is 19.1. The Morgan fingerprint density at radius 3 is 2.86 bits per heavy atom. The van der Waals surface area contributed by atoms with E-state index in [4.69, 9.17) is 4.74 Å². The second kappa shape index (κ2) is 6.89. The number of carbonyl (C=O) groups excluding carboxylic acids is 1. The van der Waals surface area contributed by atoms with Gasteiger partial charge < -0.3 is 19.5 Å². The van der Waals surface area contributed by atoms with Crippen molar-refractivity contribution >= 4 is 22.6 Å². The molecule has 2 heterocycles. The maximum Gasteiger partial charge on any atom is 0.322 e. The minimum absolute atomic E-state index is 0.0575. The van der Waals surface area contributed by atoms with E-state index < -0.39 is 0 Å². The van der Waals surface area contributed by atoms with Crippen LogP contribution in [0.1, 0.15) is 24.1 Å². The Hall–Kier alpha value is -2.95. The lowest BCUT2D eigenvalue weighted by molar-refractivity contribution is 0.206. The highest BCUT2D eigenvalue weighted by atomic mass is 16.5. The number of anilines is 1. The minimum Gasteiger partial charge on any atom is -0.497 e. The number of para-hydroxylation sites is 1. The number of amides is 2. The Labute approximate surface area is 164 Å². The molecule has 28 heavy (non-hydrogen) atoms. The number of carbonyl (C=O) groups is 1. The third-order valence-corrected chi connectivity index (χ3v) is 5.91. The molecule has 0 saturated heterocycles. The van der Waals surface area contributed by atoms with Crippen molar-refractivity contribution in [1.29, 1.82) is 0 Å². The predicted molar refractivity (Wildman–Crippen MR) is 111 cm³/mol. The van der Waals surface area contributed by atoms with Gasteiger partial charge in [0, 0.05) is 60.0 Å². The number of nitrogens with zero attached hydrogens (tertiary/aromatic N) is 2. The number of urea groups is 1. The molecular formula is C23H25N3O2. The third kappa shape index (κ3) is 3.11. The topological polar surface area (TPSA) is 46.5 Å². The molecule has 5 nitrogen and oxygen atoms in total. The zero-order valence-electron chi connectivity index (χ0n) is 16.1. The summed E-state index contributed by atoms with van der Waals surface area (Å²) in [6.45, 7) is 2.51. The molecule has 0 atom stereocenters. The molecule has 2 aromatic carbocycles. The molecule has 3 aromatic rings. The maximum absolute atomic E-state index is 12.9. The van der Waals surface area contributed by atoms with E-state index in [9.17, 15) is 4.79 Å². The number of ether oxygens (including phenoxy) is 1. The van der Waals surface area contributed by atoms with E-state index in [0.29, 0.717) is 6.54 Å². The van der Waals surface area contributed by atoms with Crippen molar-refractivity contribution in [3.63, 3.8) is 0 Å². The van der Waals surface area contributed by atoms with Crippen LogP contribution in [0.15, 0.2) is 48.5 Å². The summed E-state index contributed by atoms with van der Waals surface area (Å²) in [5.74, 6) is 1.57. The fourth-order valence-electron chi connectivity index (χ4n) is 4.24. The third-order valence-electron chi connectivity index (χ3n) is 5.91. The molecular weight excluding hydrogens is 350 g/mol. The molecule has 1 saturated carbocycles. The van der Waals surface area contributed by atoms with Gasteiger partial charge in [-0.05, 0) is 37.0 Å². The number of hydrogen-bond donors (Lipinski definition) is 1. The highest BCUT2D eigenvalue weighted by Gasteiger charge is 2.29. The Balaban J connectivity index is 1.40. The molecule has 0 radical (unpaired) electrons. The van der Waals surface area contributed by atoms with Crippen LogP contribution < -0.4 is 10.1 Å². The maximum atomic E-state index is 12.9. The number of nitrogens with one attached hydrogen (secondary N) is 1. The molecule has 1 aromatic heterocycles. The molecule has 2 amide bonds. The standard InChI is InChI=1S/C23H25N3O2/c1-28-18-6-4-5-17(13-18)24-23(27)25-12-11-22-20(15-25)19-7-2-3-8-21(19)26(22)14-16-9-10-16/h2-8,13,16H,9-12,14-15H2,1H3,(H,24,27). The van der Waals surface area contributed by atoms with Crippen LogP contribution in [-0.2, 0) is 19.5 Å². The quantitative estimate of drug-likeness (QED) is 0.721. The number of hydrogen-bond acceptors (Lipinski definition) is 2. The summed E-state index contributed by atoms with van der Waals surface area (Å²) in [4.78, 5) is 14.8. The smallest absolute Gasteiger partial charge is 0.322 e. The molecule has 5 heteroatoms. The van der Waals surface area contributed by atoms with Gasteiger partial charge in [-0.15, -0.1) is 0 Å². The lowest BCUT2D eigenvalue weighted by Gasteiger charge is -2.28. The highest BCUT2D eigenvalue weighted by Crippen LogP contribution is 2.36. The molecule has 1 fully saturated rings. The summed E-state index contributed by atoms with van der Waals surface area (Å²) in [6, 6.07) is 16.1. The average molecular weight is 375 g/mol. The zero-order valence-corrected chi connectivity index (χ0v) is 16.1. The van der Waals surface area contributed by atoms with Gasteiger partial charge in [0.1, 0.15) is 5.75 Å². The van der Waals surface area contributed by atoms with Crippen molar-refractivity contribution in [3.05, 3.63) is 59.8 Å². The molecule has 0 unspecified atom stereocenters. The first-order chi connectivity index (χ1) is 13.7. The van der Waals surface area contributed by atoms with Gasteiger partial charge in [-0.25, -0.2) is 4.79 Å². The van der Waals surface area contributed by atoms with Gasteiger partial charge in [0.15, 0.2) is 0 Å². The summed E-state index contributed by atoms with van der Waals surface area (Å²) >= 11 is 0. The van der Waals surface area contributed by atoms with Gasteiger partial charge >= 0.3 is 6.03 Å². The normalized spacial score (nSPS) is 16.1. The molecule has 144 valence electrons. The van der Waals surface area contributed by atoms with E-state index >= 15 is 0 Å². The van der Waals surface area contributed by atoms with E-state index in [0.717, 1.165) is 36.9 Å². The Bertz CT molecular complexity index is 1040. The lowest BCUT2D eigenvalue weighted by Crippen LogP contribution is -2.39. The second-order valence-electron chi connectivity index (χ2n) is 7.83. The molecule has 0 bridgehead atoms. The van der Waals surface area contributed by atoms with Crippen LogP contribution in [-0.4, -0.2) is 29.2 Å². The van der Waals surface area contributed by atoms with Crippen LogP contribution in [0.2, 0.25) is 0 Å². The van der Waals surface area contributed by atoms with Crippen LogP contribution in [0.4, 0.5) is 10.5 Å². The van der Waals surface area contributed by atoms with E-state index in [1.807, 2.05) is 29.2 Å². The Morgan fingerprint density at radius 1 is 1.18 bits per heavy atom. The largest absolute Gasteiger partial charge is 0.497 e. The van der Waals surface area contributed by atoms with Crippen molar-refractivity contribution in [2.24, 2.45) is 5.92 Å². The summed E-state index contributed by atoms with van der Waals surface area (Å²) in [6.07, 6.45) is 3.59. The van der Waals surface area contributed by atoms with Crippen LogP contribution in [0.3, 0.4) is 0 Å². The van der Waals surface area contributed by atoms with Crippen molar-refractivity contribution < 1.29 is 9.53 Å². The van der Waals surface area contributed by atoms with Gasteiger partial charge in [0.25, 0.3) is 0 Å². The first kappa shape index (κ1) is 17.2. The Morgan fingerprint density at radius 2 is 2.04 bits per heavy atom. The summed E-state index contributed by atoms with van der Waals surface area (Å²) in [5.41, 5.74) is 4.79. The molecule has 0 spiro atoms. The minimum atomic E-state index is -0.0575. The van der Waals surface area contributed by atoms with Gasteiger partial charge in [-0.1, -0.05) is 24.3 Å². The van der Waals surface area contributed by atoms with Gasteiger partial charge in [-0.2, -0.15) is 0 Å². The van der Waals surface area contributed by atoms with Crippen LogP contribution in [0, 0.1) is 5.92 Å². The highest BCUT2D eigenvalue weighted by molar-refractivity contribution is 5.91. The summed E-state index contributed by atoms with van der Waals surface area (Å²) in [7, 11) is 1.63. The average Bonchev–Trinajstić information content (AvgIpc) is 3.50. The van der Waals surface area contributed by atoms with Crippen molar-refractivity contribution in [2.45, 2.75) is 32.4 Å². The van der Waals surface area contributed by atoms with Crippen LogP contribution in [0.5, 0.6) is 5.75 Å². The number of aromatic nitrogens is 1. The fourth-order valence-corrected chi connectivity index (χ4v) is 4.24. The molecule has 1 N–H and O–H groups in total. The molecule has 2 aliphatic rings. The lowest BCUT2D eigenvalue weighted by atomic mass is 10.0. The summed E-state index contributed by atoms with van der Waals surface area (Å²) < 4.78 is 7.76. The number of rotatable bonds is 4. The van der Waals surface area contributed by atoms with Crippen molar-refractivity contribution in [3.8, 4) is 5.75 Å². The van der Waals surface area contributed by atoms with E-state index in [1.165, 1.54) is 35.0 Å². The van der Waals surface area contributed by atoms with Gasteiger partial charge in [0.2, 0.25) is 0 Å². The number of benzene rings is 2. The predicted octanol–water partition coefficient (Wildman–Crippen LogP) is 4.65. The molecule has 1 aliphatic heterocycles. The molecule has 5 rings (SSSR count). The first-order valence-corrected chi connectivity index (χ1v) is 10.0. The SMILES string of the molecule is COc1cccc(NC(=O)N2CCc3c(c4ccccc4n3CC3CC3)C2)c1. The first-order valence-electron chi connectivity index (χ1n) is 10.0. The van der Waals surface area contributed by atoms with E-state index in [-0.39, 0.29) is 6.03 Å². The van der Waals surface area contributed by atoms with Crippen LogP contribution in [0.25, 0.3) is 10.9 Å². The monoisotopic (exact) mass is 375 g/mol. The Kier molecular flexibility index (Phi) is 4.23. The number of methoxy groups -OCH3 is 1. The van der Waals surface area contributed by atoms with Crippen molar-refractivity contribution in [1.82, 2.24) is 9.47 Å². The van der Waals surface area contributed by atoms with Gasteiger partial charge in [0.05, 0.1) is 7.11 Å². The summed E-state index contributed by atoms with van der Waals surface area (Å²) in [5, 5.41) is 4.30. The van der Waals surface area contributed by atoms with E-state index in [1.54, 1.807) is 7.11 Å². The number of fused-ring (bicyclic) bond motifs is 3. The van der Waals surface area contributed by atoms with Crippen molar-refractivity contribution in [2.75, 3.05) is 19.0 Å². The second-order valence-corrected chi connectivity index (χ2v) is 7.83. The van der Waals surface area contributed by atoms with E-state index in [2.05, 4.69) is 34.1 Å². The molecule has 1 aliphatic carbocycles. The fraction of sp³-hybridized carbons (Fsp3) is 0.348. The van der Waals surface area contributed by atoms with Gasteiger partial charge in [-0.3, -0.25) is 0 Å².